The van der Waals surface area contributed by atoms with Gasteiger partial charge in [-0.3, -0.25) is 0 Å². The molecule has 1 aromatic carbocycles. The number of esters is 1. The van der Waals surface area contributed by atoms with Crippen LogP contribution in [0.15, 0.2) is 51.7 Å². The van der Waals surface area contributed by atoms with E-state index >= 15 is 0 Å². The summed E-state index contributed by atoms with van der Waals surface area (Å²) in [5.41, 5.74) is 2.67. The molecule has 1 saturated carbocycles. The summed E-state index contributed by atoms with van der Waals surface area (Å²) in [4.78, 5) is 30.1. The number of carbonyl (C=O) groups excluding carboxylic acids is 2. The quantitative estimate of drug-likeness (QED) is 0.499. The highest BCUT2D eigenvalue weighted by Crippen LogP contribution is 2.39. The summed E-state index contributed by atoms with van der Waals surface area (Å²) in [7, 11) is 1.53. The average molecular weight is 476 g/mol. The Kier molecular flexibility index (Phi) is 6.57. The van der Waals surface area contributed by atoms with E-state index in [0.717, 1.165) is 18.4 Å². The second-order valence-electron chi connectivity index (χ2n) is 9.77. The van der Waals surface area contributed by atoms with Crippen molar-refractivity contribution < 1.29 is 19.0 Å². The van der Waals surface area contributed by atoms with Gasteiger partial charge in [0.05, 0.1) is 5.69 Å². The zero-order valence-electron chi connectivity index (χ0n) is 20.8. The van der Waals surface area contributed by atoms with Gasteiger partial charge < -0.3 is 15.4 Å². The lowest BCUT2D eigenvalue weighted by Crippen LogP contribution is -2.38. The molecular weight excluding hydrogens is 444 g/mol. The monoisotopic (exact) mass is 475 g/mol. The molecule has 2 aliphatic heterocycles. The SMILES string of the molecule is C=C1C(C#N)=C(C(=O)OC2C(C)CC(C)CC2C)C2N=C(c3ccc(C)cc3NC(=O)NC)N=[N+]12. The van der Waals surface area contributed by atoms with E-state index in [9.17, 15) is 14.9 Å². The Labute approximate surface area is 205 Å². The van der Waals surface area contributed by atoms with E-state index in [1.54, 1.807) is 0 Å². The lowest BCUT2D eigenvalue weighted by atomic mass is 9.75. The number of anilines is 1. The maximum atomic E-state index is 13.4. The van der Waals surface area contributed by atoms with E-state index in [-0.39, 0.29) is 35.1 Å². The number of rotatable bonds is 4. The second kappa shape index (κ2) is 9.45. The lowest BCUT2D eigenvalue weighted by Gasteiger charge is -2.37. The topological polar surface area (TPSA) is 119 Å². The molecule has 1 fully saturated rings. The zero-order chi connectivity index (χ0) is 25.4. The number of benzene rings is 1. The molecule has 1 aromatic rings. The molecule has 1 aliphatic carbocycles. The maximum absolute atomic E-state index is 13.4. The number of nitrogens with zero attached hydrogens (tertiary/aromatic N) is 4. The highest BCUT2D eigenvalue weighted by molar-refractivity contribution is 6.07. The van der Waals surface area contributed by atoms with Crippen LogP contribution in [0, 0.1) is 36.0 Å². The Morgan fingerprint density at radius 1 is 1.23 bits per heavy atom. The Balaban J connectivity index is 1.67. The van der Waals surface area contributed by atoms with Crippen LogP contribution in [0.3, 0.4) is 0 Å². The van der Waals surface area contributed by atoms with Crippen LogP contribution in [0.4, 0.5) is 10.5 Å². The summed E-state index contributed by atoms with van der Waals surface area (Å²) >= 11 is 0. The molecule has 3 unspecified atom stereocenters. The highest BCUT2D eigenvalue weighted by Gasteiger charge is 2.51. The van der Waals surface area contributed by atoms with Crippen molar-refractivity contribution in [1.82, 2.24) is 5.32 Å². The predicted molar refractivity (Wildman–Crippen MR) is 131 cm³/mol. The standard InChI is InChI=1S/C26H30N6O3/c1-13-7-8-18(20(11-13)29-26(34)28-6)23-30-24-21(19(12-27)17(5)32(24)31-23)25(33)35-22-15(3)9-14(2)10-16(22)4/h7-8,11,14-16,22,24H,5,9-10H2,1-4,6H3,(H-,28,29,30,34)/p+1. The fourth-order valence-corrected chi connectivity index (χ4v) is 5.36. The number of ether oxygens (including phenoxy) is 1. The molecule has 2 amide bonds. The third-order valence-corrected chi connectivity index (χ3v) is 6.91. The fourth-order valence-electron chi connectivity index (χ4n) is 5.36. The second-order valence-corrected chi connectivity index (χ2v) is 9.77. The van der Waals surface area contributed by atoms with Gasteiger partial charge in [-0.05, 0) is 61.8 Å². The van der Waals surface area contributed by atoms with Gasteiger partial charge in [0, 0.05) is 17.7 Å². The minimum absolute atomic E-state index is 0.142. The third-order valence-electron chi connectivity index (χ3n) is 6.91. The van der Waals surface area contributed by atoms with Crippen molar-refractivity contribution in [2.24, 2.45) is 27.9 Å². The first-order chi connectivity index (χ1) is 16.6. The van der Waals surface area contributed by atoms with E-state index in [4.69, 9.17) is 4.74 Å². The van der Waals surface area contributed by atoms with Gasteiger partial charge in [-0.25, -0.2) is 9.59 Å². The molecule has 0 aromatic heterocycles. The molecule has 9 heteroatoms. The molecule has 3 atom stereocenters. The van der Waals surface area contributed by atoms with Crippen LogP contribution < -0.4 is 10.6 Å². The summed E-state index contributed by atoms with van der Waals surface area (Å²) in [6.07, 6.45) is 0.916. The Morgan fingerprint density at radius 3 is 2.54 bits per heavy atom. The number of nitrogens with one attached hydrogen (secondary N) is 2. The first-order valence-corrected chi connectivity index (χ1v) is 11.9. The Morgan fingerprint density at radius 2 is 1.91 bits per heavy atom. The van der Waals surface area contributed by atoms with Gasteiger partial charge in [-0.1, -0.05) is 31.5 Å². The largest absolute Gasteiger partial charge is 0.458 e. The molecular formula is C26H31N6O3+. The molecule has 9 nitrogen and oxygen atoms in total. The molecule has 2 heterocycles. The molecule has 3 aliphatic rings. The van der Waals surface area contributed by atoms with Gasteiger partial charge in [-0.2, -0.15) is 10.3 Å². The van der Waals surface area contributed by atoms with Crippen LogP contribution >= 0.6 is 0 Å². The number of hydrogen-bond acceptors (Lipinski definition) is 6. The van der Waals surface area contributed by atoms with Crippen molar-refractivity contribution in [3.63, 3.8) is 0 Å². The highest BCUT2D eigenvalue weighted by atomic mass is 16.5. The minimum atomic E-state index is -0.832. The number of nitriles is 1. The first-order valence-electron chi connectivity index (χ1n) is 11.9. The summed E-state index contributed by atoms with van der Waals surface area (Å²) in [5.74, 6) is 0.809. The Hall–Kier alpha value is -3.80. The van der Waals surface area contributed by atoms with Gasteiger partial charge in [0.1, 0.15) is 17.7 Å². The smallest absolute Gasteiger partial charge is 0.345 e. The fraction of sp³-hybridized carbons (Fsp3) is 0.462. The van der Waals surface area contributed by atoms with E-state index < -0.39 is 12.1 Å². The normalized spacial score (nSPS) is 27.5. The molecule has 0 spiro atoms. The first kappa shape index (κ1) is 24.3. The number of amides is 2. The number of azo groups is 2. The van der Waals surface area contributed by atoms with Crippen LogP contribution in [-0.2, 0) is 9.53 Å². The molecule has 0 bridgehead atoms. The van der Waals surface area contributed by atoms with E-state index in [1.807, 2.05) is 25.1 Å². The van der Waals surface area contributed by atoms with Gasteiger partial charge in [0.2, 0.25) is 11.5 Å². The van der Waals surface area contributed by atoms with Gasteiger partial charge in [0.25, 0.3) is 0 Å². The number of aryl methyl sites for hydroxylation is 1. The van der Waals surface area contributed by atoms with E-state index in [1.165, 1.54) is 11.7 Å². The maximum Gasteiger partial charge on any atom is 0.345 e. The number of aliphatic imine (C=N–C) groups is 1. The van der Waals surface area contributed by atoms with Crippen molar-refractivity contribution in [3.8, 4) is 6.07 Å². The molecule has 182 valence electrons. The number of urea groups is 1. The number of carbonyl (C=O) groups is 2. The van der Waals surface area contributed by atoms with E-state index in [0.29, 0.717) is 28.7 Å². The number of hydrogen-bond donors (Lipinski definition) is 2. The summed E-state index contributed by atoms with van der Waals surface area (Å²) in [6.45, 7) is 12.3. The number of amidine groups is 1. The van der Waals surface area contributed by atoms with Gasteiger partial charge >= 0.3 is 18.2 Å². The Bertz CT molecular complexity index is 1230. The van der Waals surface area contributed by atoms with Crippen molar-refractivity contribution in [2.75, 3.05) is 12.4 Å². The van der Waals surface area contributed by atoms with Crippen molar-refractivity contribution >= 4 is 23.5 Å². The van der Waals surface area contributed by atoms with Crippen molar-refractivity contribution in [1.29, 1.82) is 5.26 Å². The van der Waals surface area contributed by atoms with Crippen molar-refractivity contribution in [3.05, 3.63) is 52.7 Å². The van der Waals surface area contributed by atoms with Crippen LogP contribution in [0.5, 0.6) is 0 Å². The van der Waals surface area contributed by atoms with Crippen LogP contribution in [-0.4, -0.2) is 41.9 Å². The molecule has 0 radical (unpaired) electrons. The van der Waals surface area contributed by atoms with Crippen LogP contribution in [0.25, 0.3) is 0 Å². The predicted octanol–water partition coefficient (Wildman–Crippen LogP) is 4.26. The molecule has 4 rings (SSSR count). The number of allylic oxidation sites excluding steroid dienone is 1. The third kappa shape index (κ3) is 4.48. The zero-order valence-corrected chi connectivity index (χ0v) is 20.8. The van der Waals surface area contributed by atoms with Gasteiger partial charge in [0.15, 0.2) is 5.57 Å². The molecule has 2 N–H and O–H groups in total. The molecule has 0 saturated heterocycles. The van der Waals surface area contributed by atoms with Gasteiger partial charge in [-0.15, -0.1) is 0 Å². The minimum Gasteiger partial charge on any atom is -0.458 e. The van der Waals surface area contributed by atoms with Crippen molar-refractivity contribution in [2.45, 2.75) is 52.8 Å². The van der Waals surface area contributed by atoms with Crippen LogP contribution in [0.2, 0.25) is 0 Å². The average Bonchev–Trinajstić information content (AvgIpc) is 3.33. The lowest BCUT2D eigenvalue weighted by molar-refractivity contribution is -0.548. The summed E-state index contributed by atoms with van der Waals surface area (Å²) in [6, 6.07) is 7.24. The van der Waals surface area contributed by atoms with E-state index in [2.05, 4.69) is 54.2 Å². The summed E-state index contributed by atoms with van der Waals surface area (Å²) in [5, 5.41) is 19.7. The number of fused-ring (bicyclic) bond motifs is 1. The summed E-state index contributed by atoms with van der Waals surface area (Å²) < 4.78 is 7.47. The van der Waals surface area contributed by atoms with Crippen LogP contribution in [0.1, 0.15) is 44.7 Å². The molecule has 35 heavy (non-hydrogen) atoms.